The highest BCUT2D eigenvalue weighted by Crippen LogP contribution is 2.39. The van der Waals surface area contributed by atoms with Gasteiger partial charge in [-0.1, -0.05) is 0 Å². The van der Waals surface area contributed by atoms with E-state index in [1.807, 2.05) is 19.2 Å². The van der Waals surface area contributed by atoms with E-state index >= 15 is 0 Å². The number of anilines is 1. The zero-order valence-electron chi connectivity index (χ0n) is 13.6. The zero-order valence-corrected chi connectivity index (χ0v) is 13.6. The van der Waals surface area contributed by atoms with E-state index in [4.69, 9.17) is 4.42 Å². The van der Waals surface area contributed by atoms with E-state index in [1.54, 1.807) is 0 Å². The molecule has 1 atom stereocenters. The predicted octanol–water partition coefficient (Wildman–Crippen LogP) is 1.76. The number of hydrogen-bond donors (Lipinski definition) is 0. The Morgan fingerprint density at radius 1 is 1.30 bits per heavy atom. The maximum absolute atomic E-state index is 5.76. The van der Waals surface area contributed by atoms with Crippen LogP contribution in [0.4, 0.5) is 5.95 Å². The minimum atomic E-state index is 0.419. The van der Waals surface area contributed by atoms with Crippen LogP contribution in [0.1, 0.15) is 42.7 Å². The quantitative estimate of drug-likeness (QED) is 0.832. The van der Waals surface area contributed by atoms with Crippen LogP contribution in [0.2, 0.25) is 0 Å². The van der Waals surface area contributed by atoms with Gasteiger partial charge in [0.15, 0.2) is 0 Å². The van der Waals surface area contributed by atoms with Gasteiger partial charge in [0.2, 0.25) is 17.7 Å². The van der Waals surface area contributed by atoms with Gasteiger partial charge in [-0.25, -0.2) is 9.97 Å². The van der Waals surface area contributed by atoms with Gasteiger partial charge in [-0.15, -0.1) is 10.2 Å². The summed E-state index contributed by atoms with van der Waals surface area (Å²) in [5.74, 6) is 2.88. The number of likely N-dealkylation sites (tertiary alicyclic amines) is 1. The van der Waals surface area contributed by atoms with E-state index in [9.17, 15) is 0 Å². The third-order valence-corrected chi connectivity index (χ3v) is 4.66. The van der Waals surface area contributed by atoms with Gasteiger partial charge in [0.05, 0.1) is 6.54 Å². The van der Waals surface area contributed by atoms with Crippen LogP contribution in [0.25, 0.3) is 0 Å². The van der Waals surface area contributed by atoms with E-state index in [2.05, 4.69) is 37.0 Å². The smallest absolute Gasteiger partial charge is 0.230 e. The Kier molecular flexibility index (Phi) is 3.72. The zero-order chi connectivity index (χ0) is 15.8. The Morgan fingerprint density at radius 3 is 2.96 bits per heavy atom. The molecule has 2 aliphatic rings. The molecule has 0 amide bonds. The van der Waals surface area contributed by atoms with Crippen LogP contribution in [-0.2, 0) is 6.54 Å². The van der Waals surface area contributed by atoms with Gasteiger partial charge in [0.25, 0.3) is 0 Å². The molecule has 2 fully saturated rings. The van der Waals surface area contributed by atoms with Crippen LogP contribution >= 0.6 is 0 Å². The number of nitrogens with zero attached hydrogens (tertiary/aromatic N) is 6. The summed E-state index contributed by atoms with van der Waals surface area (Å²) in [5, 5.41) is 8.34. The van der Waals surface area contributed by atoms with Crippen LogP contribution < -0.4 is 4.90 Å². The van der Waals surface area contributed by atoms with Crippen molar-refractivity contribution in [2.45, 2.75) is 44.7 Å². The topological polar surface area (TPSA) is 71.2 Å². The number of likely N-dealkylation sites (N-methyl/N-ethyl adjacent to an activating group) is 1. The number of aryl methyl sites for hydroxylation is 1. The van der Waals surface area contributed by atoms with Crippen LogP contribution in [0, 0.1) is 6.92 Å². The Morgan fingerprint density at radius 2 is 2.17 bits per heavy atom. The second-order valence-electron chi connectivity index (χ2n) is 6.59. The highest BCUT2D eigenvalue weighted by atomic mass is 16.4. The molecule has 0 aromatic carbocycles. The molecule has 0 radical (unpaired) electrons. The molecule has 0 spiro atoms. The summed E-state index contributed by atoms with van der Waals surface area (Å²) < 4.78 is 5.76. The Balaban J connectivity index is 1.36. The van der Waals surface area contributed by atoms with Crippen LogP contribution in [-0.4, -0.2) is 51.2 Å². The molecule has 23 heavy (non-hydrogen) atoms. The standard InChI is InChI=1S/C16H22N6O/c1-11-5-7-17-16(18-11)21(2)13-6-8-22(9-13)10-14-19-20-15(23-14)12-3-4-12/h5,7,12-13H,3-4,6,8-10H2,1-2H3. The van der Waals surface area contributed by atoms with Crippen molar-refractivity contribution in [3.63, 3.8) is 0 Å². The lowest BCUT2D eigenvalue weighted by Gasteiger charge is -2.24. The number of rotatable bonds is 5. The predicted molar refractivity (Wildman–Crippen MR) is 85.1 cm³/mol. The second-order valence-corrected chi connectivity index (χ2v) is 6.59. The molecule has 1 saturated heterocycles. The fraction of sp³-hybridized carbons (Fsp3) is 0.625. The van der Waals surface area contributed by atoms with Gasteiger partial charge in [0, 0.05) is 44.0 Å². The fourth-order valence-corrected chi connectivity index (χ4v) is 3.06. The maximum Gasteiger partial charge on any atom is 0.230 e. The molecule has 0 N–H and O–H groups in total. The highest BCUT2D eigenvalue weighted by Gasteiger charge is 2.31. The summed E-state index contributed by atoms with van der Waals surface area (Å²) in [4.78, 5) is 13.4. The molecule has 1 saturated carbocycles. The van der Waals surface area contributed by atoms with Crippen LogP contribution in [0.15, 0.2) is 16.7 Å². The Hall–Kier alpha value is -2.02. The SMILES string of the molecule is Cc1ccnc(N(C)C2CCN(Cc3nnc(C4CC4)o3)C2)n1. The molecule has 1 unspecified atom stereocenters. The van der Waals surface area contributed by atoms with Crippen molar-refractivity contribution >= 4 is 5.95 Å². The minimum absolute atomic E-state index is 0.419. The van der Waals surface area contributed by atoms with E-state index in [0.717, 1.165) is 49.5 Å². The molecule has 7 heteroatoms. The third kappa shape index (κ3) is 3.19. The van der Waals surface area contributed by atoms with E-state index < -0.39 is 0 Å². The summed E-state index contributed by atoms with van der Waals surface area (Å²) in [6.07, 6.45) is 5.29. The van der Waals surface area contributed by atoms with Crippen molar-refractivity contribution in [2.24, 2.45) is 0 Å². The van der Waals surface area contributed by atoms with Crippen molar-refractivity contribution in [3.8, 4) is 0 Å². The van der Waals surface area contributed by atoms with E-state index in [0.29, 0.717) is 12.0 Å². The molecule has 0 bridgehead atoms. The van der Waals surface area contributed by atoms with Crippen molar-refractivity contribution in [1.82, 2.24) is 25.1 Å². The van der Waals surface area contributed by atoms with Gasteiger partial charge in [0.1, 0.15) is 0 Å². The first-order valence-electron chi connectivity index (χ1n) is 8.26. The summed E-state index contributed by atoms with van der Waals surface area (Å²) in [6.45, 7) is 4.72. The minimum Gasteiger partial charge on any atom is -0.424 e. The summed E-state index contributed by atoms with van der Waals surface area (Å²) in [7, 11) is 2.07. The van der Waals surface area contributed by atoms with Crippen LogP contribution in [0.5, 0.6) is 0 Å². The maximum atomic E-state index is 5.76. The van der Waals surface area contributed by atoms with Gasteiger partial charge in [-0.05, 0) is 32.3 Å². The van der Waals surface area contributed by atoms with Gasteiger partial charge in [-0.2, -0.15) is 0 Å². The number of hydrogen-bond acceptors (Lipinski definition) is 7. The van der Waals surface area contributed by atoms with Gasteiger partial charge in [-0.3, -0.25) is 4.90 Å². The average molecular weight is 314 g/mol. The lowest BCUT2D eigenvalue weighted by Crippen LogP contribution is -2.35. The highest BCUT2D eigenvalue weighted by molar-refractivity contribution is 5.31. The molecule has 4 rings (SSSR count). The van der Waals surface area contributed by atoms with Gasteiger partial charge >= 0.3 is 0 Å². The largest absolute Gasteiger partial charge is 0.424 e. The summed E-state index contributed by atoms with van der Waals surface area (Å²) in [6, 6.07) is 2.34. The van der Waals surface area contributed by atoms with Crippen molar-refractivity contribution in [3.05, 3.63) is 29.7 Å². The fourth-order valence-electron chi connectivity index (χ4n) is 3.06. The van der Waals surface area contributed by atoms with Crippen molar-refractivity contribution < 1.29 is 4.42 Å². The average Bonchev–Trinajstić information content (AvgIpc) is 3.12. The normalized spacial score (nSPS) is 21.7. The van der Waals surface area contributed by atoms with Gasteiger partial charge < -0.3 is 9.32 Å². The summed E-state index contributed by atoms with van der Waals surface area (Å²) >= 11 is 0. The molecule has 122 valence electrons. The first-order chi connectivity index (χ1) is 11.2. The van der Waals surface area contributed by atoms with Crippen LogP contribution in [0.3, 0.4) is 0 Å². The first kappa shape index (κ1) is 14.6. The molecule has 2 aromatic rings. The van der Waals surface area contributed by atoms with E-state index in [1.165, 1.54) is 12.8 Å². The molecule has 3 heterocycles. The van der Waals surface area contributed by atoms with Crippen molar-refractivity contribution in [1.29, 1.82) is 0 Å². The molecule has 1 aliphatic carbocycles. The molecule has 2 aromatic heterocycles. The first-order valence-corrected chi connectivity index (χ1v) is 8.26. The Labute approximate surface area is 135 Å². The lowest BCUT2D eigenvalue weighted by molar-refractivity contribution is 0.282. The lowest BCUT2D eigenvalue weighted by atomic mass is 10.2. The number of aromatic nitrogens is 4. The second kappa shape index (κ2) is 5.88. The molecular weight excluding hydrogens is 292 g/mol. The monoisotopic (exact) mass is 314 g/mol. The molecular formula is C16H22N6O. The molecule has 7 nitrogen and oxygen atoms in total. The van der Waals surface area contributed by atoms with Crippen molar-refractivity contribution in [2.75, 3.05) is 25.0 Å². The molecule has 1 aliphatic heterocycles. The third-order valence-electron chi connectivity index (χ3n) is 4.66. The van der Waals surface area contributed by atoms with E-state index in [-0.39, 0.29) is 0 Å². The Bertz CT molecular complexity index is 683. The summed E-state index contributed by atoms with van der Waals surface area (Å²) in [5.41, 5.74) is 0.996.